The van der Waals surface area contributed by atoms with E-state index in [9.17, 15) is 24.3 Å². The number of benzene rings is 1. The van der Waals surface area contributed by atoms with Crippen molar-refractivity contribution in [2.45, 2.75) is 212 Å². The minimum Gasteiger partial charge on any atom is -0.460 e. The fraction of sp³-hybridized carbons (Fsp3) is 0.731. The first-order valence-corrected chi connectivity index (χ1v) is 24.5. The molecule has 0 aromatic heterocycles. The van der Waals surface area contributed by atoms with E-state index in [-0.39, 0.29) is 56.3 Å². The number of ether oxygens (including phenoxy) is 5. The second-order valence-electron chi connectivity index (χ2n) is 21.2. The summed E-state index contributed by atoms with van der Waals surface area (Å²) in [4.78, 5) is 53.0. The van der Waals surface area contributed by atoms with Gasteiger partial charge >= 0.3 is 11.9 Å². The van der Waals surface area contributed by atoms with Crippen molar-refractivity contribution in [3.8, 4) is 0 Å². The smallest absolute Gasteiger partial charge is 0.338 e. The van der Waals surface area contributed by atoms with Crippen LogP contribution in [0.2, 0.25) is 0 Å². The molecule has 1 unspecified atom stereocenters. The molecule has 12 nitrogen and oxygen atoms in total. The van der Waals surface area contributed by atoms with Gasteiger partial charge in [-0.05, 0) is 120 Å². The molecule has 8 atom stereocenters. The maximum Gasteiger partial charge on any atom is 0.338 e. The van der Waals surface area contributed by atoms with E-state index >= 15 is 0 Å². The summed E-state index contributed by atoms with van der Waals surface area (Å²) < 4.78 is 31.5. The van der Waals surface area contributed by atoms with E-state index in [4.69, 9.17) is 23.7 Å². The maximum atomic E-state index is 14.2. The third-order valence-electron chi connectivity index (χ3n) is 14.3. The molecule has 2 aliphatic heterocycles. The fourth-order valence-electron chi connectivity index (χ4n) is 10.6. The van der Waals surface area contributed by atoms with Gasteiger partial charge in [-0.25, -0.2) is 4.79 Å². The number of carbonyl (C=O) groups excluding carboxylic acids is 4. The molecule has 1 aromatic carbocycles. The van der Waals surface area contributed by atoms with Crippen LogP contribution in [0.4, 0.5) is 0 Å². The molecule has 6 rings (SSSR count). The molecule has 1 aromatic rings. The molecule has 356 valence electrons. The number of hydrogen-bond acceptors (Lipinski definition) is 10. The van der Waals surface area contributed by atoms with Gasteiger partial charge in [-0.3, -0.25) is 14.4 Å². The molecular formula is C52H78N2O10. The highest BCUT2D eigenvalue weighted by Gasteiger charge is 2.56. The minimum atomic E-state index is -0.850. The van der Waals surface area contributed by atoms with Crippen LogP contribution in [0.15, 0.2) is 41.5 Å². The summed E-state index contributed by atoms with van der Waals surface area (Å²) in [5.74, 6) is -1.36. The van der Waals surface area contributed by atoms with Crippen LogP contribution in [-0.2, 0) is 38.1 Å². The molecule has 64 heavy (non-hydrogen) atoms. The number of epoxide rings is 1. The van der Waals surface area contributed by atoms with Crippen molar-refractivity contribution in [2.75, 3.05) is 13.2 Å². The number of aliphatic hydroxyl groups is 1. The number of carbonyl (C=O) groups is 4. The maximum absolute atomic E-state index is 14.2. The van der Waals surface area contributed by atoms with Crippen LogP contribution in [0.1, 0.15) is 180 Å². The van der Waals surface area contributed by atoms with E-state index in [1.165, 1.54) is 5.57 Å². The lowest BCUT2D eigenvalue weighted by Gasteiger charge is -2.53. The number of nitrogens with one attached hydrogen (secondary N) is 2. The van der Waals surface area contributed by atoms with E-state index in [0.717, 1.165) is 76.2 Å². The molecule has 3 N–H and O–H groups in total. The van der Waals surface area contributed by atoms with Gasteiger partial charge in [-0.2, -0.15) is 0 Å². The number of aliphatic hydroxyl groups excluding tert-OH is 1. The van der Waals surface area contributed by atoms with Crippen LogP contribution in [0, 0.1) is 17.3 Å². The van der Waals surface area contributed by atoms with E-state index in [1.54, 1.807) is 32.9 Å². The second kappa shape index (κ2) is 21.4. The van der Waals surface area contributed by atoms with E-state index in [0.29, 0.717) is 47.3 Å². The number of unbranched alkanes of at least 4 members (excludes halogenated alkanes) is 4. The molecule has 2 amide bonds. The van der Waals surface area contributed by atoms with Gasteiger partial charge in [0.05, 0.1) is 29.9 Å². The molecule has 5 aliphatic rings. The van der Waals surface area contributed by atoms with Crippen molar-refractivity contribution < 1.29 is 48.0 Å². The Hall–Kier alpha value is -3.58. The fourth-order valence-corrected chi connectivity index (χ4v) is 10.6. The average molecular weight is 891 g/mol. The van der Waals surface area contributed by atoms with Gasteiger partial charge in [0.2, 0.25) is 11.8 Å². The summed E-state index contributed by atoms with van der Waals surface area (Å²) in [6.07, 6.45) is 15.6. The van der Waals surface area contributed by atoms with Crippen molar-refractivity contribution >= 4 is 29.8 Å². The van der Waals surface area contributed by atoms with Crippen molar-refractivity contribution in [3.05, 3.63) is 52.6 Å². The van der Waals surface area contributed by atoms with Gasteiger partial charge in [0, 0.05) is 44.2 Å². The lowest BCUT2D eigenvalue weighted by atomic mass is 9.52. The van der Waals surface area contributed by atoms with Crippen LogP contribution < -0.4 is 10.6 Å². The zero-order chi connectivity index (χ0) is 46.3. The van der Waals surface area contributed by atoms with Crippen molar-refractivity contribution in [3.63, 3.8) is 0 Å². The first-order chi connectivity index (χ1) is 30.4. The van der Waals surface area contributed by atoms with E-state index < -0.39 is 47.7 Å². The lowest BCUT2D eigenvalue weighted by molar-refractivity contribution is -0.190. The Labute approximate surface area is 382 Å². The van der Waals surface area contributed by atoms with Gasteiger partial charge < -0.3 is 39.4 Å². The number of amides is 2. The second-order valence-corrected chi connectivity index (χ2v) is 21.2. The van der Waals surface area contributed by atoms with Crippen LogP contribution in [0.25, 0.3) is 6.08 Å². The Bertz CT molecular complexity index is 1860. The van der Waals surface area contributed by atoms with Crippen molar-refractivity contribution in [2.24, 2.45) is 17.3 Å². The largest absolute Gasteiger partial charge is 0.460 e. The highest BCUT2D eigenvalue weighted by Crippen LogP contribution is 2.60. The predicted molar refractivity (Wildman–Crippen MR) is 246 cm³/mol. The molecule has 4 fully saturated rings. The molecule has 12 heteroatoms. The molecule has 2 saturated heterocycles. The zero-order valence-electron chi connectivity index (χ0n) is 40.1. The number of esters is 2. The Morgan fingerprint density at radius 2 is 1.70 bits per heavy atom. The molecule has 2 saturated carbocycles. The molecule has 0 spiro atoms. The summed E-state index contributed by atoms with van der Waals surface area (Å²) in [7, 11) is 0. The lowest BCUT2D eigenvalue weighted by Crippen LogP contribution is -2.45. The topological polar surface area (TPSA) is 162 Å². The van der Waals surface area contributed by atoms with E-state index in [2.05, 4.69) is 57.4 Å². The Kier molecular flexibility index (Phi) is 16.6. The predicted octanol–water partition coefficient (Wildman–Crippen LogP) is 9.07. The number of allylic oxidation sites excluding steroid dienone is 1. The summed E-state index contributed by atoms with van der Waals surface area (Å²) >= 11 is 0. The highest BCUT2D eigenvalue weighted by molar-refractivity contribution is 5.94. The van der Waals surface area contributed by atoms with Gasteiger partial charge in [0.15, 0.2) is 5.79 Å². The number of rotatable bonds is 20. The Balaban J connectivity index is 1.14. The Morgan fingerprint density at radius 3 is 2.38 bits per heavy atom. The summed E-state index contributed by atoms with van der Waals surface area (Å²) in [6, 6.07) is 7.03. The summed E-state index contributed by atoms with van der Waals surface area (Å²) in [6.45, 7) is 16.4. The molecule has 2 heterocycles. The molecule has 0 radical (unpaired) electrons. The average Bonchev–Trinajstić information content (AvgIpc) is 3.71. The highest BCUT2D eigenvalue weighted by atomic mass is 16.8. The van der Waals surface area contributed by atoms with Crippen molar-refractivity contribution in [1.29, 1.82) is 0 Å². The molecular weight excluding hydrogens is 813 g/mol. The van der Waals surface area contributed by atoms with Crippen LogP contribution in [-0.4, -0.2) is 89.5 Å². The third kappa shape index (κ3) is 13.1. The normalized spacial score (nSPS) is 29.0. The molecule has 3 aliphatic carbocycles. The van der Waals surface area contributed by atoms with Gasteiger partial charge in [-0.1, -0.05) is 77.2 Å². The number of fused-ring (bicyclic) bond motifs is 3. The van der Waals surface area contributed by atoms with Crippen LogP contribution in [0.3, 0.4) is 0 Å². The van der Waals surface area contributed by atoms with Gasteiger partial charge in [0.25, 0.3) is 0 Å². The standard InChI is InChI=1S/C52H78N2O10/c1-9-11-13-24-52(25-14-12-10-2)61-42-31-37(47(58)53-27-23-44(56)54-38(33-55)19-21-45(57)63-49(3,4)5)30-41(46(42)64-52)60-48(59)36-17-15-16-34(29-36)28-35-18-20-43-51(8,62-43)26-22-40-39(35)32-50(40,6)7/h15-17,28-29,31,38-43,46,55H,9-14,18-27,30,32-33H2,1-8H3,(H,53,58)(H,54,56)/t38-,39+,40+,41+,42+,43?,46-,51+/m0/s1. The first-order valence-electron chi connectivity index (χ1n) is 24.5. The van der Waals surface area contributed by atoms with Crippen LogP contribution in [0.5, 0.6) is 0 Å². The first kappa shape index (κ1) is 49.8. The quantitative estimate of drug-likeness (QED) is 0.0655. The molecule has 0 bridgehead atoms. The van der Waals surface area contributed by atoms with Crippen LogP contribution >= 0.6 is 0 Å². The van der Waals surface area contributed by atoms with E-state index in [1.807, 2.05) is 12.1 Å². The SMILES string of the molecule is CCCCCC1(CCCCC)O[C@@H]2[C@@H](C=C(C(=O)NCCC(=O)N[C@H](CO)CCC(=O)OC(C)(C)C)C[C@H]2OC(=O)c2cccc(C=C3CCC4O[C@]4(C)CC[C@@H]4[C@@H]3CC4(C)C)c2)O1. The third-order valence-corrected chi connectivity index (χ3v) is 14.3. The van der Waals surface area contributed by atoms with Gasteiger partial charge in [-0.15, -0.1) is 0 Å². The minimum absolute atomic E-state index is 0.00966. The van der Waals surface area contributed by atoms with Crippen molar-refractivity contribution in [1.82, 2.24) is 10.6 Å². The number of hydrogen-bond donors (Lipinski definition) is 3. The zero-order valence-corrected chi connectivity index (χ0v) is 40.1. The monoisotopic (exact) mass is 891 g/mol. The summed E-state index contributed by atoms with van der Waals surface area (Å²) in [5.41, 5.74) is 2.92. The van der Waals surface area contributed by atoms with Gasteiger partial charge in [0.1, 0.15) is 23.9 Å². The Morgan fingerprint density at radius 1 is 0.969 bits per heavy atom. The summed E-state index contributed by atoms with van der Waals surface area (Å²) in [5, 5.41) is 15.5.